The summed E-state index contributed by atoms with van der Waals surface area (Å²) in [6.45, 7) is 7.68. The molecule has 0 aliphatic heterocycles. The SMILES string of the molecule is Cc1cccc(-n2c(C)nnc2SC(C)C(=O)Nc2cccc(Cl)c2C)c1. The van der Waals surface area contributed by atoms with Gasteiger partial charge >= 0.3 is 0 Å². The van der Waals surface area contributed by atoms with Crippen LogP contribution >= 0.6 is 23.4 Å². The van der Waals surface area contributed by atoms with Gasteiger partial charge in [-0.25, -0.2) is 0 Å². The Kier molecular flexibility index (Phi) is 5.87. The lowest BCUT2D eigenvalue weighted by molar-refractivity contribution is -0.115. The first-order chi connectivity index (χ1) is 12.9. The second-order valence-corrected chi connectivity index (χ2v) is 8.08. The normalized spacial score (nSPS) is 12.0. The third kappa shape index (κ3) is 4.34. The van der Waals surface area contributed by atoms with E-state index in [1.807, 2.05) is 62.6 Å². The Morgan fingerprint density at radius 2 is 1.89 bits per heavy atom. The van der Waals surface area contributed by atoms with Crippen LogP contribution in [0.4, 0.5) is 5.69 Å². The number of nitrogens with one attached hydrogen (secondary N) is 1. The fourth-order valence-electron chi connectivity index (χ4n) is 2.67. The van der Waals surface area contributed by atoms with Crippen molar-refractivity contribution in [3.8, 4) is 5.69 Å². The van der Waals surface area contributed by atoms with Gasteiger partial charge in [0, 0.05) is 16.4 Å². The summed E-state index contributed by atoms with van der Waals surface area (Å²) < 4.78 is 1.96. The van der Waals surface area contributed by atoms with Gasteiger partial charge in [-0.1, -0.05) is 41.6 Å². The molecule has 27 heavy (non-hydrogen) atoms. The molecule has 1 aromatic heterocycles. The van der Waals surface area contributed by atoms with Crippen LogP contribution < -0.4 is 5.32 Å². The monoisotopic (exact) mass is 400 g/mol. The van der Waals surface area contributed by atoms with Gasteiger partial charge in [0.15, 0.2) is 5.16 Å². The smallest absolute Gasteiger partial charge is 0.237 e. The summed E-state index contributed by atoms with van der Waals surface area (Å²) in [6, 6.07) is 13.6. The van der Waals surface area contributed by atoms with E-state index in [-0.39, 0.29) is 11.2 Å². The number of aromatic nitrogens is 3. The summed E-state index contributed by atoms with van der Waals surface area (Å²) in [5.74, 6) is 0.670. The summed E-state index contributed by atoms with van der Waals surface area (Å²) >= 11 is 7.51. The lowest BCUT2D eigenvalue weighted by Crippen LogP contribution is -2.23. The van der Waals surface area contributed by atoms with Crippen molar-refractivity contribution in [1.29, 1.82) is 0 Å². The molecule has 0 fully saturated rings. The van der Waals surface area contributed by atoms with Crippen molar-refractivity contribution in [1.82, 2.24) is 14.8 Å². The van der Waals surface area contributed by atoms with Gasteiger partial charge in [0.25, 0.3) is 0 Å². The van der Waals surface area contributed by atoms with Crippen molar-refractivity contribution in [2.24, 2.45) is 0 Å². The van der Waals surface area contributed by atoms with Gasteiger partial charge in [0.2, 0.25) is 5.91 Å². The predicted molar refractivity (Wildman–Crippen MR) is 111 cm³/mol. The molecule has 1 atom stereocenters. The number of hydrogen-bond donors (Lipinski definition) is 1. The number of thioether (sulfide) groups is 1. The standard InChI is InChI=1S/C20H21ClN4OS/c1-12-7-5-8-16(11-12)25-15(4)23-24-20(25)27-14(3)19(26)22-18-10-6-9-17(21)13(18)2/h5-11,14H,1-4H3,(H,22,26). The maximum atomic E-state index is 12.7. The van der Waals surface area contributed by atoms with E-state index < -0.39 is 0 Å². The first-order valence-electron chi connectivity index (χ1n) is 8.58. The average Bonchev–Trinajstić information content (AvgIpc) is 2.99. The molecule has 0 spiro atoms. The number of carbonyl (C=O) groups excluding carboxylic acids is 1. The van der Waals surface area contributed by atoms with Crippen molar-refractivity contribution in [2.45, 2.75) is 38.1 Å². The molecule has 0 bridgehead atoms. The Bertz CT molecular complexity index is 986. The molecule has 140 valence electrons. The molecule has 3 rings (SSSR count). The van der Waals surface area contributed by atoms with Crippen LogP contribution in [0.15, 0.2) is 47.6 Å². The number of carbonyl (C=O) groups is 1. The van der Waals surface area contributed by atoms with Crippen LogP contribution in [0, 0.1) is 20.8 Å². The third-order valence-corrected chi connectivity index (χ3v) is 5.68. The van der Waals surface area contributed by atoms with E-state index in [1.54, 1.807) is 6.07 Å². The highest BCUT2D eigenvalue weighted by Gasteiger charge is 2.20. The van der Waals surface area contributed by atoms with Gasteiger partial charge in [-0.3, -0.25) is 9.36 Å². The van der Waals surface area contributed by atoms with E-state index in [4.69, 9.17) is 11.6 Å². The van der Waals surface area contributed by atoms with Crippen LogP contribution in [-0.4, -0.2) is 25.9 Å². The molecule has 7 heteroatoms. The van der Waals surface area contributed by atoms with Crippen LogP contribution in [0.5, 0.6) is 0 Å². The van der Waals surface area contributed by atoms with Crippen LogP contribution in [0.25, 0.3) is 5.69 Å². The van der Waals surface area contributed by atoms with Gasteiger partial charge in [0.1, 0.15) is 5.82 Å². The van der Waals surface area contributed by atoms with Crippen LogP contribution in [0.2, 0.25) is 5.02 Å². The quantitative estimate of drug-likeness (QED) is 0.614. The maximum absolute atomic E-state index is 12.7. The summed E-state index contributed by atoms with van der Waals surface area (Å²) in [6.07, 6.45) is 0. The molecule has 1 heterocycles. The van der Waals surface area contributed by atoms with E-state index in [1.165, 1.54) is 11.8 Å². The molecule has 1 N–H and O–H groups in total. The molecule has 0 saturated carbocycles. The Morgan fingerprint density at radius 3 is 2.63 bits per heavy atom. The minimum absolute atomic E-state index is 0.109. The molecule has 0 saturated heterocycles. The number of aryl methyl sites for hydroxylation is 2. The molecule has 1 unspecified atom stereocenters. The zero-order valence-corrected chi connectivity index (χ0v) is 17.2. The topological polar surface area (TPSA) is 59.8 Å². The zero-order valence-electron chi connectivity index (χ0n) is 15.7. The molecule has 0 radical (unpaired) electrons. The van der Waals surface area contributed by atoms with E-state index in [0.29, 0.717) is 10.2 Å². The van der Waals surface area contributed by atoms with E-state index in [0.717, 1.165) is 28.3 Å². The Hall–Kier alpha value is -2.31. The Labute approximate surface area is 168 Å². The minimum Gasteiger partial charge on any atom is -0.325 e. The average molecular weight is 401 g/mol. The second-order valence-electron chi connectivity index (χ2n) is 6.37. The van der Waals surface area contributed by atoms with Crippen LogP contribution in [-0.2, 0) is 4.79 Å². The highest BCUT2D eigenvalue weighted by Crippen LogP contribution is 2.28. The number of hydrogen-bond acceptors (Lipinski definition) is 4. The fourth-order valence-corrected chi connectivity index (χ4v) is 3.76. The predicted octanol–water partition coefficient (Wildman–Crippen LogP) is 4.97. The highest BCUT2D eigenvalue weighted by molar-refractivity contribution is 8.00. The fraction of sp³-hybridized carbons (Fsp3) is 0.250. The van der Waals surface area contributed by atoms with Crippen molar-refractivity contribution in [3.63, 3.8) is 0 Å². The molecular weight excluding hydrogens is 380 g/mol. The van der Waals surface area contributed by atoms with Gasteiger partial charge in [-0.2, -0.15) is 0 Å². The van der Waals surface area contributed by atoms with Crippen LogP contribution in [0.1, 0.15) is 23.9 Å². The first kappa shape index (κ1) is 19.5. The lowest BCUT2D eigenvalue weighted by Gasteiger charge is -2.15. The minimum atomic E-state index is -0.351. The van der Waals surface area contributed by atoms with Crippen molar-refractivity contribution in [3.05, 3.63) is 64.4 Å². The van der Waals surface area contributed by atoms with Crippen LogP contribution in [0.3, 0.4) is 0 Å². The number of anilines is 1. The third-order valence-electron chi connectivity index (χ3n) is 4.23. The Balaban J connectivity index is 1.79. The molecule has 2 aromatic carbocycles. The summed E-state index contributed by atoms with van der Waals surface area (Å²) in [5.41, 5.74) is 3.71. The maximum Gasteiger partial charge on any atom is 0.237 e. The van der Waals surface area contributed by atoms with Gasteiger partial charge in [-0.15, -0.1) is 10.2 Å². The number of rotatable bonds is 5. The van der Waals surface area contributed by atoms with E-state index in [2.05, 4.69) is 21.6 Å². The molecule has 1 amide bonds. The molecule has 0 aliphatic rings. The zero-order chi connectivity index (χ0) is 19.6. The van der Waals surface area contributed by atoms with Crippen molar-refractivity contribution < 1.29 is 4.79 Å². The Morgan fingerprint density at radius 1 is 1.15 bits per heavy atom. The summed E-state index contributed by atoms with van der Waals surface area (Å²) in [7, 11) is 0. The largest absolute Gasteiger partial charge is 0.325 e. The van der Waals surface area contributed by atoms with E-state index >= 15 is 0 Å². The lowest BCUT2D eigenvalue weighted by atomic mass is 10.2. The molecule has 5 nitrogen and oxygen atoms in total. The van der Waals surface area contributed by atoms with E-state index in [9.17, 15) is 4.79 Å². The van der Waals surface area contributed by atoms with Gasteiger partial charge < -0.3 is 5.32 Å². The van der Waals surface area contributed by atoms with Crippen molar-refractivity contribution >= 4 is 35.0 Å². The summed E-state index contributed by atoms with van der Waals surface area (Å²) in [4.78, 5) is 12.7. The first-order valence-corrected chi connectivity index (χ1v) is 9.84. The number of benzene rings is 2. The highest BCUT2D eigenvalue weighted by atomic mass is 35.5. The molecule has 0 aliphatic carbocycles. The second kappa shape index (κ2) is 8.15. The molecule has 3 aromatic rings. The van der Waals surface area contributed by atoms with Gasteiger partial charge in [0.05, 0.1) is 5.25 Å². The number of nitrogens with zero attached hydrogens (tertiary/aromatic N) is 3. The summed E-state index contributed by atoms with van der Waals surface area (Å²) in [5, 5.41) is 12.4. The van der Waals surface area contributed by atoms with Gasteiger partial charge in [-0.05, 0) is 63.1 Å². The van der Waals surface area contributed by atoms with Crippen molar-refractivity contribution in [2.75, 3.05) is 5.32 Å². The number of amides is 1. The number of halogens is 1. The molecular formula is C20H21ClN4OS.